The first kappa shape index (κ1) is 23.1. The van der Waals surface area contributed by atoms with Crippen molar-refractivity contribution >= 4 is 16.7 Å². The maximum Gasteiger partial charge on any atom is 0.253 e. The fraction of sp³-hybridized carbons (Fsp3) is 0.345. The molecule has 6 nitrogen and oxygen atoms in total. The monoisotopic (exact) mass is 469 g/mol. The highest BCUT2D eigenvalue weighted by molar-refractivity contribution is 5.94. The van der Waals surface area contributed by atoms with Crippen LogP contribution in [0.4, 0.5) is 0 Å². The van der Waals surface area contributed by atoms with E-state index in [-0.39, 0.29) is 5.91 Å². The van der Waals surface area contributed by atoms with Crippen molar-refractivity contribution in [2.24, 2.45) is 5.92 Å². The molecule has 1 aliphatic rings. The van der Waals surface area contributed by atoms with E-state index in [1.54, 1.807) is 0 Å². The van der Waals surface area contributed by atoms with Crippen LogP contribution in [-0.2, 0) is 13.0 Å². The van der Waals surface area contributed by atoms with Gasteiger partial charge in [-0.05, 0) is 80.7 Å². The largest absolute Gasteiger partial charge is 0.489 e. The Kier molecular flexibility index (Phi) is 6.80. The van der Waals surface area contributed by atoms with E-state index in [1.807, 2.05) is 55.4 Å². The number of pyridine rings is 1. The summed E-state index contributed by atoms with van der Waals surface area (Å²) in [6.45, 7) is 5.72. The van der Waals surface area contributed by atoms with Crippen LogP contribution in [0.5, 0.6) is 5.75 Å². The molecule has 0 spiro atoms. The van der Waals surface area contributed by atoms with Gasteiger partial charge in [0.25, 0.3) is 5.91 Å². The first-order chi connectivity index (χ1) is 17.1. The molecule has 4 aromatic rings. The third-order valence-corrected chi connectivity index (χ3v) is 7.06. The van der Waals surface area contributed by atoms with Gasteiger partial charge in [0.1, 0.15) is 18.1 Å². The number of ether oxygens (including phenoxy) is 1. The van der Waals surface area contributed by atoms with Gasteiger partial charge in [-0.25, -0.2) is 0 Å². The Morgan fingerprint density at radius 1 is 1.11 bits per heavy atom. The Labute approximate surface area is 205 Å². The SMILES string of the molecule is Cc1noc(C)c1COc1cccc(C(=O)N2CCCC(Cc3cccc4cnccc34)CC2)c1. The number of rotatable bonds is 6. The van der Waals surface area contributed by atoms with Crippen molar-refractivity contribution < 1.29 is 14.1 Å². The van der Waals surface area contributed by atoms with Crippen LogP contribution in [0.1, 0.15) is 52.2 Å². The Hall–Kier alpha value is -3.67. The van der Waals surface area contributed by atoms with Gasteiger partial charge in [0, 0.05) is 36.4 Å². The van der Waals surface area contributed by atoms with Gasteiger partial charge in [0.05, 0.1) is 11.3 Å². The van der Waals surface area contributed by atoms with Gasteiger partial charge in [-0.15, -0.1) is 0 Å². The highest BCUT2D eigenvalue weighted by atomic mass is 16.5. The molecule has 0 radical (unpaired) electrons. The highest BCUT2D eigenvalue weighted by Crippen LogP contribution is 2.27. The smallest absolute Gasteiger partial charge is 0.253 e. The molecule has 2 aromatic carbocycles. The number of carbonyl (C=O) groups excluding carboxylic acids is 1. The summed E-state index contributed by atoms with van der Waals surface area (Å²) in [7, 11) is 0. The maximum absolute atomic E-state index is 13.3. The van der Waals surface area contributed by atoms with Gasteiger partial charge < -0.3 is 14.2 Å². The van der Waals surface area contributed by atoms with Crippen LogP contribution >= 0.6 is 0 Å². The minimum atomic E-state index is 0.0738. The molecule has 0 saturated carbocycles. The Morgan fingerprint density at radius 3 is 2.86 bits per heavy atom. The van der Waals surface area contributed by atoms with Gasteiger partial charge in [-0.2, -0.15) is 0 Å². The van der Waals surface area contributed by atoms with Crippen molar-refractivity contribution in [3.8, 4) is 5.75 Å². The quantitative estimate of drug-likeness (QED) is 0.351. The molecule has 1 amide bonds. The van der Waals surface area contributed by atoms with E-state index in [0.29, 0.717) is 23.8 Å². The van der Waals surface area contributed by atoms with Crippen molar-refractivity contribution in [1.82, 2.24) is 15.0 Å². The van der Waals surface area contributed by atoms with Crippen molar-refractivity contribution in [3.05, 3.63) is 89.1 Å². The molecule has 6 heteroatoms. The third-order valence-electron chi connectivity index (χ3n) is 7.06. The van der Waals surface area contributed by atoms with Crippen LogP contribution in [0, 0.1) is 19.8 Å². The zero-order valence-corrected chi connectivity index (χ0v) is 20.4. The molecular weight excluding hydrogens is 438 g/mol. The standard InChI is InChI=1S/C29H31N3O3/c1-20-28(21(2)35-31-20)19-34-26-10-4-8-24(17-26)29(33)32-14-5-6-22(12-15-32)16-23-7-3-9-25-18-30-13-11-27(23)25/h3-4,7-11,13,17-18,22H,5-6,12,14-16,19H2,1-2H3. The summed E-state index contributed by atoms with van der Waals surface area (Å²) in [5, 5.41) is 6.45. The van der Waals surface area contributed by atoms with Gasteiger partial charge in [0.15, 0.2) is 0 Å². The van der Waals surface area contributed by atoms with Crippen molar-refractivity contribution in [3.63, 3.8) is 0 Å². The average Bonchev–Trinajstić information content (AvgIpc) is 3.06. The molecule has 0 N–H and O–H groups in total. The zero-order valence-electron chi connectivity index (χ0n) is 20.4. The molecule has 0 aliphatic carbocycles. The molecule has 1 saturated heterocycles. The van der Waals surface area contributed by atoms with Gasteiger partial charge in [0.2, 0.25) is 0 Å². The maximum atomic E-state index is 13.3. The van der Waals surface area contributed by atoms with Crippen LogP contribution in [0.2, 0.25) is 0 Å². The predicted molar refractivity (Wildman–Crippen MR) is 135 cm³/mol. The van der Waals surface area contributed by atoms with E-state index in [0.717, 1.165) is 55.8 Å². The first-order valence-electron chi connectivity index (χ1n) is 12.3. The zero-order chi connectivity index (χ0) is 24.2. The highest BCUT2D eigenvalue weighted by Gasteiger charge is 2.22. The van der Waals surface area contributed by atoms with Crippen LogP contribution < -0.4 is 4.74 Å². The molecule has 180 valence electrons. The van der Waals surface area contributed by atoms with Crippen LogP contribution in [0.25, 0.3) is 10.8 Å². The lowest BCUT2D eigenvalue weighted by atomic mass is 9.90. The number of aryl methyl sites for hydroxylation is 2. The van der Waals surface area contributed by atoms with Crippen LogP contribution in [-0.4, -0.2) is 34.0 Å². The second-order valence-corrected chi connectivity index (χ2v) is 9.43. The summed E-state index contributed by atoms with van der Waals surface area (Å²) in [5.41, 5.74) is 3.82. The molecule has 35 heavy (non-hydrogen) atoms. The number of nitrogens with zero attached hydrogens (tertiary/aromatic N) is 3. The molecule has 1 aliphatic heterocycles. The average molecular weight is 470 g/mol. The van der Waals surface area contributed by atoms with E-state index in [1.165, 1.54) is 16.3 Å². The fourth-order valence-corrected chi connectivity index (χ4v) is 5.02. The molecular formula is C29H31N3O3. The summed E-state index contributed by atoms with van der Waals surface area (Å²) >= 11 is 0. The lowest BCUT2D eigenvalue weighted by Crippen LogP contribution is -2.32. The van der Waals surface area contributed by atoms with E-state index >= 15 is 0 Å². The van der Waals surface area contributed by atoms with Crippen LogP contribution in [0.15, 0.2) is 65.4 Å². The third kappa shape index (κ3) is 5.21. The number of aromatic nitrogens is 2. The molecule has 5 rings (SSSR count). The first-order valence-corrected chi connectivity index (χ1v) is 12.3. The minimum Gasteiger partial charge on any atom is -0.489 e. The summed E-state index contributed by atoms with van der Waals surface area (Å²) < 4.78 is 11.2. The predicted octanol–water partition coefficient (Wildman–Crippen LogP) is 5.90. The number of carbonyl (C=O) groups is 1. The summed E-state index contributed by atoms with van der Waals surface area (Å²) in [6.07, 6.45) is 7.99. The Balaban J connectivity index is 1.22. The fourth-order valence-electron chi connectivity index (χ4n) is 5.02. The van der Waals surface area contributed by atoms with Crippen molar-refractivity contribution in [1.29, 1.82) is 0 Å². The van der Waals surface area contributed by atoms with Crippen LogP contribution in [0.3, 0.4) is 0 Å². The minimum absolute atomic E-state index is 0.0738. The summed E-state index contributed by atoms with van der Waals surface area (Å²) in [4.78, 5) is 19.6. The number of benzene rings is 2. The second-order valence-electron chi connectivity index (χ2n) is 9.43. The number of amides is 1. The van der Waals surface area contributed by atoms with E-state index in [2.05, 4.69) is 34.4 Å². The normalized spacial score (nSPS) is 16.3. The van der Waals surface area contributed by atoms with Gasteiger partial charge in [-0.1, -0.05) is 29.4 Å². The lowest BCUT2D eigenvalue weighted by molar-refractivity contribution is 0.0759. The summed E-state index contributed by atoms with van der Waals surface area (Å²) in [5.74, 6) is 2.07. The molecule has 3 heterocycles. The van der Waals surface area contributed by atoms with Gasteiger partial charge >= 0.3 is 0 Å². The van der Waals surface area contributed by atoms with Crippen molar-refractivity contribution in [2.45, 2.75) is 46.1 Å². The second kappa shape index (κ2) is 10.3. The molecule has 0 bridgehead atoms. The molecule has 1 atom stereocenters. The number of hydrogen-bond acceptors (Lipinski definition) is 5. The number of likely N-dealkylation sites (tertiary alicyclic amines) is 1. The van der Waals surface area contributed by atoms with E-state index in [9.17, 15) is 4.79 Å². The molecule has 1 fully saturated rings. The van der Waals surface area contributed by atoms with Crippen molar-refractivity contribution in [2.75, 3.05) is 13.1 Å². The van der Waals surface area contributed by atoms with E-state index < -0.39 is 0 Å². The molecule has 1 unspecified atom stereocenters. The summed E-state index contributed by atoms with van der Waals surface area (Å²) in [6, 6.07) is 16.0. The molecule has 2 aromatic heterocycles. The number of fused-ring (bicyclic) bond motifs is 1. The Bertz CT molecular complexity index is 1310. The van der Waals surface area contributed by atoms with Gasteiger partial charge in [-0.3, -0.25) is 9.78 Å². The lowest BCUT2D eigenvalue weighted by Gasteiger charge is -2.21. The van der Waals surface area contributed by atoms with E-state index in [4.69, 9.17) is 9.26 Å². The Morgan fingerprint density at radius 2 is 2.00 bits per heavy atom. The number of hydrogen-bond donors (Lipinski definition) is 0. The topological polar surface area (TPSA) is 68.5 Å².